The van der Waals surface area contributed by atoms with E-state index in [1.807, 2.05) is 6.07 Å². The van der Waals surface area contributed by atoms with Crippen LogP contribution in [0.25, 0.3) is 0 Å². The fraction of sp³-hybridized carbons (Fsp3) is 0.538. The van der Waals surface area contributed by atoms with Crippen LogP contribution in [0.3, 0.4) is 0 Å². The number of non-ortho nitro benzene ring substituents is 1. The molecule has 0 N–H and O–H groups in total. The van der Waals surface area contributed by atoms with Crippen molar-refractivity contribution in [2.45, 2.75) is 44.8 Å². The fourth-order valence-corrected chi connectivity index (χ4v) is 2.21. The smallest absolute Gasteiger partial charge is 0.269 e. The van der Waals surface area contributed by atoms with Crippen molar-refractivity contribution in [1.29, 1.82) is 0 Å². The predicted octanol–water partition coefficient (Wildman–Crippen LogP) is 3.44. The Labute approximate surface area is 101 Å². The Kier molecular flexibility index (Phi) is 4.09. The summed E-state index contributed by atoms with van der Waals surface area (Å²) in [5.41, 5.74) is 1.01. The molecule has 1 aromatic carbocycles. The minimum atomic E-state index is -0.371. The van der Waals surface area contributed by atoms with Gasteiger partial charge in [0.05, 0.1) is 17.6 Å². The molecule has 0 saturated heterocycles. The molecular weight excluding hydrogens is 218 g/mol. The Morgan fingerprint density at radius 3 is 2.76 bits per heavy atom. The number of nitro groups is 1. The molecule has 0 amide bonds. The van der Waals surface area contributed by atoms with Gasteiger partial charge in [-0.05, 0) is 18.4 Å². The molecule has 1 saturated carbocycles. The zero-order chi connectivity index (χ0) is 12.1. The van der Waals surface area contributed by atoms with Crippen LogP contribution in [-0.4, -0.2) is 11.0 Å². The predicted molar refractivity (Wildman–Crippen MR) is 64.8 cm³/mol. The highest BCUT2D eigenvalue weighted by Gasteiger charge is 2.14. The lowest BCUT2D eigenvalue weighted by atomic mass is 9.98. The average molecular weight is 235 g/mol. The van der Waals surface area contributed by atoms with Gasteiger partial charge in [-0.3, -0.25) is 10.1 Å². The topological polar surface area (TPSA) is 52.4 Å². The van der Waals surface area contributed by atoms with E-state index in [1.54, 1.807) is 12.1 Å². The van der Waals surface area contributed by atoms with Crippen molar-refractivity contribution < 1.29 is 9.66 Å². The van der Waals surface area contributed by atoms with Gasteiger partial charge in [-0.1, -0.05) is 31.4 Å². The van der Waals surface area contributed by atoms with Crippen LogP contribution in [-0.2, 0) is 11.3 Å². The third-order valence-electron chi connectivity index (χ3n) is 3.16. The quantitative estimate of drug-likeness (QED) is 0.593. The van der Waals surface area contributed by atoms with Gasteiger partial charge in [0, 0.05) is 12.1 Å². The Hall–Kier alpha value is -1.42. The molecular formula is C13H17NO3. The van der Waals surface area contributed by atoms with E-state index in [0.717, 1.165) is 18.4 Å². The number of ether oxygens (including phenoxy) is 1. The number of benzene rings is 1. The summed E-state index contributed by atoms with van der Waals surface area (Å²) in [6.45, 7) is 0.479. The molecule has 1 aliphatic rings. The molecule has 4 nitrogen and oxygen atoms in total. The summed E-state index contributed by atoms with van der Waals surface area (Å²) in [5, 5.41) is 10.6. The maximum Gasteiger partial charge on any atom is 0.269 e. The van der Waals surface area contributed by atoms with E-state index in [-0.39, 0.29) is 10.6 Å². The monoisotopic (exact) mass is 235 g/mol. The number of hydrogen-bond donors (Lipinski definition) is 0. The number of nitrogens with zero attached hydrogens (tertiary/aromatic N) is 1. The second-order valence-corrected chi connectivity index (χ2v) is 4.50. The lowest BCUT2D eigenvalue weighted by Gasteiger charge is -2.21. The Bertz CT molecular complexity index is 386. The van der Waals surface area contributed by atoms with Crippen LogP contribution < -0.4 is 0 Å². The number of hydrogen-bond acceptors (Lipinski definition) is 3. The van der Waals surface area contributed by atoms with Crippen molar-refractivity contribution >= 4 is 5.69 Å². The van der Waals surface area contributed by atoms with Crippen molar-refractivity contribution in [3.8, 4) is 0 Å². The Balaban J connectivity index is 1.89. The number of rotatable bonds is 4. The van der Waals surface area contributed by atoms with E-state index < -0.39 is 0 Å². The summed E-state index contributed by atoms with van der Waals surface area (Å²) in [4.78, 5) is 10.3. The highest BCUT2D eigenvalue weighted by molar-refractivity contribution is 5.33. The minimum absolute atomic E-state index is 0.134. The van der Waals surface area contributed by atoms with Crippen molar-refractivity contribution in [2.24, 2.45) is 0 Å². The van der Waals surface area contributed by atoms with Crippen LogP contribution in [0.5, 0.6) is 0 Å². The standard InChI is InChI=1S/C13H17NO3/c15-14(16)12-6-4-5-11(9-12)10-17-13-7-2-1-3-8-13/h4-6,9,13H,1-3,7-8,10H2. The molecule has 0 heterocycles. The van der Waals surface area contributed by atoms with E-state index in [1.165, 1.54) is 25.3 Å². The van der Waals surface area contributed by atoms with Gasteiger partial charge in [-0.2, -0.15) is 0 Å². The lowest BCUT2D eigenvalue weighted by Crippen LogP contribution is -2.16. The van der Waals surface area contributed by atoms with Crippen molar-refractivity contribution in [3.63, 3.8) is 0 Å². The first-order chi connectivity index (χ1) is 8.25. The molecule has 4 heteroatoms. The Morgan fingerprint density at radius 1 is 1.29 bits per heavy atom. The third kappa shape index (κ3) is 3.53. The van der Waals surface area contributed by atoms with Gasteiger partial charge in [0.2, 0.25) is 0 Å². The molecule has 0 aliphatic heterocycles. The van der Waals surface area contributed by atoms with Gasteiger partial charge >= 0.3 is 0 Å². The van der Waals surface area contributed by atoms with Crippen molar-refractivity contribution in [3.05, 3.63) is 39.9 Å². The molecule has 0 atom stereocenters. The molecule has 2 rings (SSSR count). The van der Waals surface area contributed by atoms with Crippen LogP contribution in [0.1, 0.15) is 37.7 Å². The first-order valence-electron chi connectivity index (χ1n) is 6.10. The maximum atomic E-state index is 10.6. The first kappa shape index (κ1) is 12.0. The zero-order valence-corrected chi connectivity index (χ0v) is 9.80. The van der Waals surface area contributed by atoms with E-state index in [2.05, 4.69) is 0 Å². The van der Waals surface area contributed by atoms with Gasteiger partial charge in [0.15, 0.2) is 0 Å². The number of nitro benzene ring substituents is 1. The van der Waals surface area contributed by atoms with Crippen LogP contribution in [0.2, 0.25) is 0 Å². The molecule has 1 fully saturated rings. The first-order valence-corrected chi connectivity index (χ1v) is 6.10. The summed E-state index contributed by atoms with van der Waals surface area (Å²) in [6, 6.07) is 6.67. The van der Waals surface area contributed by atoms with Gasteiger partial charge in [0.25, 0.3) is 5.69 Å². The maximum absolute atomic E-state index is 10.6. The van der Waals surface area contributed by atoms with E-state index in [4.69, 9.17) is 4.74 Å². The molecule has 0 bridgehead atoms. The van der Waals surface area contributed by atoms with E-state index in [9.17, 15) is 10.1 Å². The third-order valence-corrected chi connectivity index (χ3v) is 3.16. The van der Waals surface area contributed by atoms with Crippen LogP contribution in [0.4, 0.5) is 5.69 Å². The SMILES string of the molecule is O=[N+]([O-])c1cccc(COC2CCCCC2)c1. The van der Waals surface area contributed by atoms with Gasteiger partial charge in [-0.25, -0.2) is 0 Å². The van der Waals surface area contributed by atoms with Crippen LogP contribution in [0, 0.1) is 10.1 Å². The zero-order valence-electron chi connectivity index (χ0n) is 9.80. The largest absolute Gasteiger partial charge is 0.374 e. The fourth-order valence-electron chi connectivity index (χ4n) is 2.21. The molecule has 0 spiro atoms. The summed E-state index contributed by atoms with van der Waals surface area (Å²) in [5.74, 6) is 0. The minimum Gasteiger partial charge on any atom is -0.374 e. The van der Waals surface area contributed by atoms with Crippen LogP contribution in [0.15, 0.2) is 24.3 Å². The molecule has 1 aliphatic carbocycles. The van der Waals surface area contributed by atoms with Gasteiger partial charge in [-0.15, -0.1) is 0 Å². The molecule has 17 heavy (non-hydrogen) atoms. The lowest BCUT2D eigenvalue weighted by molar-refractivity contribution is -0.385. The summed E-state index contributed by atoms with van der Waals surface area (Å²) >= 11 is 0. The molecule has 92 valence electrons. The summed E-state index contributed by atoms with van der Waals surface area (Å²) in [7, 11) is 0. The second-order valence-electron chi connectivity index (χ2n) is 4.50. The Morgan fingerprint density at radius 2 is 2.06 bits per heavy atom. The molecule has 1 aromatic rings. The van der Waals surface area contributed by atoms with Crippen LogP contribution >= 0.6 is 0 Å². The highest BCUT2D eigenvalue weighted by atomic mass is 16.6. The molecule has 0 radical (unpaired) electrons. The highest BCUT2D eigenvalue weighted by Crippen LogP contribution is 2.22. The summed E-state index contributed by atoms with van der Waals surface area (Å²) in [6.07, 6.45) is 6.35. The molecule has 0 unspecified atom stereocenters. The van der Waals surface area contributed by atoms with E-state index in [0.29, 0.717) is 12.7 Å². The average Bonchev–Trinajstić information content (AvgIpc) is 2.38. The normalized spacial score (nSPS) is 16.9. The van der Waals surface area contributed by atoms with E-state index >= 15 is 0 Å². The second kappa shape index (κ2) is 5.77. The summed E-state index contributed by atoms with van der Waals surface area (Å²) < 4.78 is 5.78. The molecule has 0 aromatic heterocycles. The van der Waals surface area contributed by atoms with Gasteiger partial charge in [0.1, 0.15) is 0 Å². The van der Waals surface area contributed by atoms with Crippen molar-refractivity contribution in [2.75, 3.05) is 0 Å². The van der Waals surface area contributed by atoms with Crippen molar-refractivity contribution in [1.82, 2.24) is 0 Å². The van der Waals surface area contributed by atoms with Gasteiger partial charge < -0.3 is 4.74 Å².